The molecular weight excluding hydrogens is 144 g/mol. The molecule has 1 aliphatic heterocycles. The van der Waals surface area contributed by atoms with E-state index in [2.05, 4.69) is 0 Å². The monoisotopic (exact) mass is 158 g/mol. The Balaban J connectivity index is 2.67. The summed E-state index contributed by atoms with van der Waals surface area (Å²) in [5.74, 6) is 0.00231. The molecule has 4 nitrogen and oxygen atoms in total. The fourth-order valence-electron chi connectivity index (χ4n) is 1.27. The van der Waals surface area contributed by atoms with E-state index in [4.69, 9.17) is 0 Å². The molecule has 0 aromatic carbocycles. The zero-order valence-corrected chi connectivity index (χ0v) is 7.11. The van der Waals surface area contributed by atoms with E-state index in [9.17, 15) is 9.90 Å². The van der Waals surface area contributed by atoms with E-state index in [0.29, 0.717) is 6.42 Å². The molecule has 1 aliphatic rings. The Morgan fingerprint density at radius 1 is 1.64 bits per heavy atom. The van der Waals surface area contributed by atoms with Crippen molar-refractivity contribution < 1.29 is 9.90 Å². The van der Waals surface area contributed by atoms with Crippen molar-refractivity contribution in [3.63, 3.8) is 0 Å². The summed E-state index contributed by atoms with van der Waals surface area (Å²) in [7, 11) is 5.30. The lowest BCUT2D eigenvalue weighted by atomic mass is 10.2. The van der Waals surface area contributed by atoms with Crippen LogP contribution in [0.25, 0.3) is 0 Å². The molecule has 0 aromatic heterocycles. The zero-order chi connectivity index (χ0) is 8.59. The Hall–Kier alpha value is -0.610. The molecule has 0 saturated carbocycles. The van der Waals surface area contributed by atoms with Crippen molar-refractivity contribution in [2.24, 2.45) is 0 Å². The van der Waals surface area contributed by atoms with Crippen LogP contribution in [0.15, 0.2) is 0 Å². The van der Waals surface area contributed by atoms with Crippen LogP contribution < -0.4 is 0 Å². The lowest BCUT2D eigenvalue weighted by Gasteiger charge is -2.16. The molecule has 1 saturated heterocycles. The van der Waals surface area contributed by atoms with E-state index < -0.39 is 6.23 Å². The first-order valence-electron chi connectivity index (χ1n) is 3.65. The van der Waals surface area contributed by atoms with Crippen molar-refractivity contribution in [3.05, 3.63) is 0 Å². The van der Waals surface area contributed by atoms with Gasteiger partial charge in [0.1, 0.15) is 6.23 Å². The molecule has 1 fully saturated rings. The SMILES string of the molecule is CN1C(=O)[C@H](N(C)C)CC1O. The van der Waals surface area contributed by atoms with Crippen molar-refractivity contribution in [3.8, 4) is 0 Å². The molecule has 0 spiro atoms. The van der Waals surface area contributed by atoms with E-state index in [0.717, 1.165) is 0 Å². The quantitative estimate of drug-likeness (QED) is 0.537. The van der Waals surface area contributed by atoms with Crippen LogP contribution in [0, 0.1) is 0 Å². The maximum atomic E-state index is 11.3. The van der Waals surface area contributed by atoms with Crippen molar-refractivity contribution in [1.82, 2.24) is 9.80 Å². The third-order valence-corrected chi connectivity index (χ3v) is 2.14. The molecule has 1 unspecified atom stereocenters. The molecule has 0 bridgehead atoms. The Morgan fingerprint density at radius 3 is 2.36 bits per heavy atom. The minimum atomic E-state index is -0.602. The first-order valence-corrected chi connectivity index (χ1v) is 3.65. The number of aliphatic hydroxyl groups excluding tert-OH is 1. The molecule has 11 heavy (non-hydrogen) atoms. The van der Waals surface area contributed by atoms with Gasteiger partial charge in [-0.05, 0) is 14.1 Å². The maximum Gasteiger partial charge on any atom is 0.241 e. The van der Waals surface area contributed by atoms with Gasteiger partial charge in [-0.25, -0.2) is 0 Å². The average Bonchev–Trinajstić information content (AvgIpc) is 2.17. The van der Waals surface area contributed by atoms with E-state index in [1.54, 1.807) is 7.05 Å². The van der Waals surface area contributed by atoms with E-state index in [-0.39, 0.29) is 11.9 Å². The number of likely N-dealkylation sites (tertiary alicyclic amines) is 1. The van der Waals surface area contributed by atoms with Crippen molar-refractivity contribution in [1.29, 1.82) is 0 Å². The summed E-state index contributed by atoms with van der Waals surface area (Å²) in [6.07, 6.45) is -0.0857. The number of hydrogen-bond donors (Lipinski definition) is 1. The maximum absolute atomic E-state index is 11.3. The van der Waals surface area contributed by atoms with Crippen LogP contribution in [0.4, 0.5) is 0 Å². The van der Waals surface area contributed by atoms with Crippen LogP contribution in [-0.4, -0.2) is 54.2 Å². The van der Waals surface area contributed by atoms with E-state index in [1.165, 1.54) is 4.90 Å². The van der Waals surface area contributed by atoms with Crippen LogP contribution in [0.5, 0.6) is 0 Å². The topological polar surface area (TPSA) is 43.8 Å². The van der Waals surface area contributed by atoms with Gasteiger partial charge in [0.25, 0.3) is 0 Å². The van der Waals surface area contributed by atoms with E-state index >= 15 is 0 Å². The summed E-state index contributed by atoms with van der Waals surface area (Å²) in [6.45, 7) is 0. The molecule has 1 amide bonds. The second kappa shape index (κ2) is 2.79. The van der Waals surface area contributed by atoms with Gasteiger partial charge in [-0.2, -0.15) is 0 Å². The van der Waals surface area contributed by atoms with Gasteiger partial charge in [0, 0.05) is 13.5 Å². The average molecular weight is 158 g/mol. The highest BCUT2D eigenvalue weighted by molar-refractivity contribution is 5.83. The number of carbonyl (C=O) groups excluding carboxylic acids is 1. The molecule has 1 rings (SSSR count). The highest BCUT2D eigenvalue weighted by atomic mass is 16.3. The second-order valence-electron chi connectivity index (χ2n) is 3.14. The third kappa shape index (κ3) is 1.36. The Morgan fingerprint density at radius 2 is 2.18 bits per heavy atom. The molecular formula is C7H14N2O2. The van der Waals surface area contributed by atoms with E-state index in [1.807, 2.05) is 19.0 Å². The Kier molecular flexibility index (Phi) is 2.15. The highest BCUT2D eigenvalue weighted by Gasteiger charge is 2.36. The van der Waals surface area contributed by atoms with Gasteiger partial charge in [-0.1, -0.05) is 0 Å². The minimum absolute atomic E-state index is 0.00231. The summed E-state index contributed by atoms with van der Waals surface area (Å²) in [5, 5.41) is 9.27. The van der Waals surface area contributed by atoms with Crippen molar-refractivity contribution >= 4 is 5.91 Å². The summed E-state index contributed by atoms with van der Waals surface area (Å²) in [6, 6.07) is -0.144. The second-order valence-corrected chi connectivity index (χ2v) is 3.14. The third-order valence-electron chi connectivity index (χ3n) is 2.14. The summed E-state index contributed by atoms with van der Waals surface area (Å²) in [4.78, 5) is 14.5. The number of nitrogens with zero attached hydrogens (tertiary/aromatic N) is 2. The molecule has 0 radical (unpaired) electrons. The first kappa shape index (κ1) is 8.49. The molecule has 1 N–H and O–H groups in total. The van der Waals surface area contributed by atoms with Gasteiger partial charge < -0.3 is 10.0 Å². The predicted octanol–water partition coefficient (Wildman–Crippen LogP) is -0.903. The lowest BCUT2D eigenvalue weighted by Crippen LogP contribution is -2.36. The Bertz CT molecular complexity index is 170. The normalized spacial score (nSPS) is 32.1. The Labute approximate surface area is 66.4 Å². The molecule has 64 valence electrons. The van der Waals surface area contributed by atoms with Crippen LogP contribution >= 0.6 is 0 Å². The number of likely N-dealkylation sites (N-methyl/N-ethyl adjacent to an activating group) is 2. The molecule has 4 heteroatoms. The van der Waals surface area contributed by atoms with Gasteiger partial charge in [-0.3, -0.25) is 9.69 Å². The number of rotatable bonds is 1. The van der Waals surface area contributed by atoms with Gasteiger partial charge in [0.2, 0.25) is 5.91 Å². The predicted molar refractivity (Wildman–Crippen MR) is 40.9 cm³/mol. The summed E-state index contributed by atoms with van der Waals surface area (Å²) >= 11 is 0. The van der Waals surface area contributed by atoms with Crippen molar-refractivity contribution in [2.45, 2.75) is 18.7 Å². The fraction of sp³-hybridized carbons (Fsp3) is 0.857. The van der Waals surface area contributed by atoms with Gasteiger partial charge >= 0.3 is 0 Å². The summed E-state index contributed by atoms with van der Waals surface area (Å²) in [5.41, 5.74) is 0. The summed E-state index contributed by atoms with van der Waals surface area (Å²) < 4.78 is 0. The minimum Gasteiger partial charge on any atom is -0.373 e. The largest absolute Gasteiger partial charge is 0.373 e. The van der Waals surface area contributed by atoms with Crippen LogP contribution in [0.1, 0.15) is 6.42 Å². The standard InChI is InChI=1S/C7H14N2O2/c1-8(2)5-4-6(10)9(3)7(5)11/h5-6,10H,4H2,1-3H3/t5-,6?/m1/s1. The fourth-order valence-corrected chi connectivity index (χ4v) is 1.27. The van der Waals surface area contributed by atoms with Gasteiger partial charge in [0.05, 0.1) is 6.04 Å². The number of carbonyl (C=O) groups is 1. The number of aliphatic hydroxyl groups is 1. The highest BCUT2D eigenvalue weighted by Crippen LogP contribution is 2.17. The molecule has 2 atom stereocenters. The van der Waals surface area contributed by atoms with Crippen LogP contribution in [0.2, 0.25) is 0 Å². The zero-order valence-electron chi connectivity index (χ0n) is 7.11. The van der Waals surface area contributed by atoms with Gasteiger partial charge in [-0.15, -0.1) is 0 Å². The lowest BCUT2D eigenvalue weighted by molar-refractivity contribution is -0.134. The number of hydrogen-bond acceptors (Lipinski definition) is 3. The number of amides is 1. The first-order chi connectivity index (χ1) is 5.04. The molecule has 0 aliphatic carbocycles. The van der Waals surface area contributed by atoms with Crippen LogP contribution in [0.3, 0.4) is 0 Å². The van der Waals surface area contributed by atoms with Gasteiger partial charge in [0.15, 0.2) is 0 Å². The van der Waals surface area contributed by atoms with Crippen LogP contribution in [-0.2, 0) is 4.79 Å². The smallest absolute Gasteiger partial charge is 0.241 e. The molecule has 0 aromatic rings. The van der Waals surface area contributed by atoms with Crippen molar-refractivity contribution in [2.75, 3.05) is 21.1 Å². The molecule has 1 heterocycles.